The molecule has 0 saturated carbocycles. The minimum Gasteiger partial charge on any atom is -0.351 e. The molecule has 3 N–H and O–H groups in total. The van der Waals surface area contributed by atoms with Crippen LogP contribution in [0.3, 0.4) is 0 Å². The molecule has 1 aliphatic heterocycles. The highest BCUT2D eigenvalue weighted by molar-refractivity contribution is 7.91. The van der Waals surface area contributed by atoms with Crippen molar-refractivity contribution in [2.45, 2.75) is 16.7 Å². The average Bonchev–Trinajstić information content (AvgIpc) is 2.98. The van der Waals surface area contributed by atoms with Gasteiger partial charge in [-0.2, -0.15) is 0 Å². The Balaban J connectivity index is 1.85. The van der Waals surface area contributed by atoms with Crippen LogP contribution >= 0.6 is 22.9 Å². The van der Waals surface area contributed by atoms with Gasteiger partial charge in [-0.25, -0.2) is 13.1 Å². The van der Waals surface area contributed by atoms with Gasteiger partial charge in [-0.3, -0.25) is 4.79 Å². The molecule has 1 atom stereocenters. The minimum absolute atomic E-state index is 0.0770. The smallest absolute Gasteiger partial charge is 0.250 e. The Morgan fingerprint density at radius 3 is 2.89 bits per heavy atom. The van der Waals surface area contributed by atoms with Crippen molar-refractivity contribution in [3.05, 3.63) is 16.5 Å². The zero-order valence-electron chi connectivity index (χ0n) is 9.98. The Morgan fingerprint density at radius 1 is 1.53 bits per heavy atom. The molecule has 1 aliphatic rings. The van der Waals surface area contributed by atoms with Gasteiger partial charge in [-0.05, 0) is 25.1 Å². The van der Waals surface area contributed by atoms with Gasteiger partial charge in [0, 0.05) is 12.6 Å². The topological polar surface area (TPSA) is 87.3 Å². The first-order valence-corrected chi connectivity index (χ1v) is 8.40. The van der Waals surface area contributed by atoms with E-state index >= 15 is 0 Å². The molecule has 1 aromatic rings. The van der Waals surface area contributed by atoms with E-state index in [1.807, 2.05) is 0 Å². The van der Waals surface area contributed by atoms with Gasteiger partial charge in [0.25, 0.3) is 10.0 Å². The maximum Gasteiger partial charge on any atom is 0.250 e. The van der Waals surface area contributed by atoms with E-state index in [1.54, 1.807) is 0 Å². The largest absolute Gasteiger partial charge is 0.351 e. The Morgan fingerprint density at radius 2 is 2.32 bits per heavy atom. The van der Waals surface area contributed by atoms with Crippen LogP contribution in [0.25, 0.3) is 0 Å². The van der Waals surface area contributed by atoms with Gasteiger partial charge in [0.1, 0.15) is 4.21 Å². The molecule has 1 aromatic heterocycles. The van der Waals surface area contributed by atoms with E-state index in [-0.39, 0.29) is 22.7 Å². The van der Waals surface area contributed by atoms with Gasteiger partial charge < -0.3 is 10.6 Å². The van der Waals surface area contributed by atoms with Crippen molar-refractivity contribution in [3.8, 4) is 0 Å². The van der Waals surface area contributed by atoms with Crippen molar-refractivity contribution < 1.29 is 13.2 Å². The summed E-state index contributed by atoms with van der Waals surface area (Å²) in [7, 11) is -3.66. The van der Waals surface area contributed by atoms with E-state index in [9.17, 15) is 13.2 Å². The quantitative estimate of drug-likeness (QED) is 0.720. The molecule has 0 spiro atoms. The fraction of sp³-hybridized carbons (Fsp3) is 0.500. The average molecular weight is 324 g/mol. The lowest BCUT2D eigenvalue weighted by Gasteiger charge is -2.11. The Hall–Kier alpha value is -0.670. The molecule has 2 heterocycles. The summed E-state index contributed by atoms with van der Waals surface area (Å²) in [5.41, 5.74) is 0. The normalized spacial score (nSPS) is 19.5. The minimum atomic E-state index is -3.66. The molecule has 106 valence electrons. The zero-order chi connectivity index (χ0) is 13.9. The number of carbonyl (C=O) groups excluding carboxylic acids is 1. The summed E-state index contributed by atoms with van der Waals surface area (Å²) in [5, 5.41) is 5.87. The summed E-state index contributed by atoms with van der Waals surface area (Å²) < 4.78 is 26.4. The van der Waals surface area contributed by atoms with Crippen molar-refractivity contribution >= 4 is 38.9 Å². The van der Waals surface area contributed by atoms with Crippen LogP contribution < -0.4 is 15.4 Å². The maximum absolute atomic E-state index is 11.8. The zero-order valence-corrected chi connectivity index (χ0v) is 12.4. The van der Waals surface area contributed by atoms with E-state index in [2.05, 4.69) is 15.4 Å². The number of rotatable bonds is 5. The van der Waals surface area contributed by atoms with E-state index in [0.717, 1.165) is 30.8 Å². The molecule has 1 unspecified atom stereocenters. The van der Waals surface area contributed by atoms with E-state index in [0.29, 0.717) is 4.34 Å². The fourth-order valence-corrected chi connectivity index (χ4v) is 4.24. The van der Waals surface area contributed by atoms with Gasteiger partial charge >= 0.3 is 0 Å². The Kier molecular flexibility index (Phi) is 4.80. The number of halogens is 1. The summed E-state index contributed by atoms with van der Waals surface area (Å²) in [6.07, 6.45) is 0.860. The predicted octanol–water partition coefficient (Wildman–Crippen LogP) is 0.158. The van der Waals surface area contributed by atoms with Gasteiger partial charge in [-0.1, -0.05) is 11.6 Å². The maximum atomic E-state index is 11.8. The van der Waals surface area contributed by atoms with Crippen LogP contribution in [-0.2, 0) is 14.8 Å². The molecule has 0 aliphatic carbocycles. The van der Waals surface area contributed by atoms with Crippen molar-refractivity contribution in [1.29, 1.82) is 0 Å². The molecule has 0 aromatic carbocycles. The van der Waals surface area contributed by atoms with Crippen LogP contribution in [0.15, 0.2) is 16.3 Å². The lowest BCUT2D eigenvalue weighted by molar-refractivity contribution is -0.120. The lowest BCUT2D eigenvalue weighted by Crippen LogP contribution is -2.42. The first kappa shape index (κ1) is 14.7. The second-order valence-corrected chi connectivity index (χ2v) is 7.85. The highest BCUT2D eigenvalue weighted by atomic mass is 35.5. The van der Waals surface area contributed by atoms with Crippen LogP contribution in [0.2, 0.25) is 4.34 Å². The first-order chi connectivity index (χ1) is 8.97. The summed E-state index contributed by atoms with van der Waals surface area (Å²) >= 11 is 6.64. The van der Waals surface area contributed by atoms with Crippen molar-refractivity contribution in [1.82, 2.24) is 15.4 Å². The molecule has 1 saturated heterocycles. The second-order valence-electron chi connectivity index (χ2n) is 4.14. The number of nitrogens with one attached hydrogen (secondary N) is 3. The predicted molar refractivity (Wildman–Crippen MR) is 73.9 cm³/mol. The number of hydrogen-bond acceptors (Lipinski definition) is 5. The monoisotopic (exact) mass is 323 g/mol. The van der Waals surface area contributed by atoms with Crippen LogP contribution in [-0.4, -0.2) is 40.0 Å². The van der Waals surface area contributed by atoms with E-state index in [4.69, 9.17) is 11.6 Å². The molecular formula is C10H14ClN3O3S2. The third kappa shape index (κ3) is 4.15. The van der Waals surface area contributed by atoms with Gasteiger partial charge in [0.2, 0.25) is 5.91 Å². The third-order valence-electron chi connectivity index (χ3n) is 2.66. The SMILES string of the molecule is O=C(CNS(=O)(=O)c1ccc(Cl)s1)NC1CCNC1. The first-order valence-electron chi connectivity index (χ1n) is 5.72. The Labute approximate surface area is 120 Å². The van der Waals surface area contributed by atoms with Crippen molar-refractivity contribution in [2.75, 3.05) is 19.6 Å². The number of sulfonamides is 1. The summed E-state index contributed by atoms with van der Waals surface area (Å²) in [4.78, 5) is 11.6. The van der Waals surface area contributed by atoms with Gasteiger partial charge in [0.15, 0.2) is 0 Å². The molecule has 0 radical (unpaired) electrons. The molecule has 9 heteroatoms. The molecule has 2 rings (SSSR count). The molecular weight excluding hydrogens is 310 g/mol. The van der Waals surface area contributed by atoms with Gasteiger partial charge in [-0.15, -0.1) is 11.3 Å². The van der Waals surface area contributed by atoms with E-state index < -0.39 is 10.0 Å². The number of thiophene rings is 1. The molecule has 1 fully saturated rings. The molecule has 6 nitrogen and oxygen atoms in total. The highest BCUT2D eigenvalue weighted by Gasteiger charge is 2.20. The van der Waals surface area contributed by atoms with E-state index in [1.165, 1.54) is 12.1 Å². The number of hydrogen-bond donors (Lipinski definition) is 3. The molecule has 0 bridgehead atoms. The fourth-order valence-electron chi connectivity index (χ4n) is 1.73. The highest BCUT2D eigenvalue weighted by Crippen LogP contribution is 2.25. The van der Waals surface area contributed by atoms with Crippen LogP contribution in [0.5, 0.6) is 0 Å². The summed E-state index contributed by atoms with van der Waals surface area (Å²) in [5.74, 6) is -0.333. The van der Waals surface area contributed by atoms with Crippen molar-refractivity contribution in [3.63, 3.8) is 0 Å². The molecule has 1 amide bonds. The van der Waals surface area contributed by atoms with Crippen LogP contribution in [0.1, 0.15) is 6.42 Å². The summed E-state index contributed by atoms with van der Waals surface area (Å²) in [6, 6.07) is 2.99. The third-order valence-corrected chi connectivity index (χ3v) is 5.79. The van der Waals surface area contributed by atoms with Gasteiger partial charge in [0.05, 0.1) is 10.9 Å². The number of carbonyl (C=O) groups is 1. The number of amides is 1. The molecule has 19 heavy (non-hydrogen) atoms. The van der Waals surface area contributed by atoms with Crippen LogP contribution in [0.4, 0.5) is 0 Å². The Bertz CT molecular complexity index is 552. The lowest BCUT2D eigenvalue weighted by atomic mass is 10.2. The second kappa shape index (κ2) is 6.19. The summed E-state index contributed by atoms with van der Waals surface area (Å²) in [6.45, 7) is 1.32. The van der Waals surface area contributed by atoms with Crippen molar-refractivity contribution in [2.24, 2.45) is 0 Å². The standard InChI is InChI=1S/C10H14ClN3O3S2/c11-8-1-2-10(18-8)19(16,17)13-6-9(15)14-7-3-4-12-5-7/h1-2,7,12-13H,3-6H2,(H,14,15). The van der Waals surface area contributed by atoms with Crippen LogP contribution in [0, 0.1) is 0 Å².